The lowest BCUT2D eigenvalue weighted by Crippen LogP contribution is -2.24. The number of nitrogens with two attached hydrogens (primary N) is 3. The number of nitrogens with zero attached hydrogens (tertiary/aromatic N) is 2. The zero-order valence-electron chi connectivity index (χ0n) is 12.2. The maximum atomic E-state index is 12.3. The van der Waals surface area contributed by atoms with Gasteiger partial charge in [0.25, 0.3) is 5.91 Å². The average molecular weight is 305 g/mol. The third-order valence-electron chi connectivity index (χ3n) is 3.41. The van der Waals surface area contributed by atoms with Crippen molar-refractivity contribution in [1.29, 1.82) is 0 Å². The van der Waals surface area contributed by atoms with Crippen LogP contribution in [0.1, 0.15) is 10.4 Å². The molecule has 0 atom stereocenters. The van der Waals surface area contributed by atoms with E-state index in [1.54, 1.807) is 18.2 Å². The maximum Gasteiger partial charge on any atom is 0.280 e. The van der Waals surface area contributed by atoms with Crippen molar-refractivity contribution in [3.63, 3.8) is 0 Å². The number of pyridine rings is 1. The first kappa shape index (κ1) is 14.5. The highest BCUT2D eigenvalue weighted by atomic mass is 16.1. The van der Waals surface area contributed by atoms with Crippen LogP contribution in [0.4, 0.5) is 5.69 Å². The quantitative estimate of drug-likeness (QED) is 0.379. The molecule has 0 aliphatic rings. The van der Waals surface area contributed by atoms with Gasteiger partial charge in [0.05, 0.1) is 16.8 Å². The molecule has 0 radical (unpaired) electrons. The third kappa shape index (κ3) is 2.82. The number of aromatic nitrogens is 1. The van der Waals surface area contributed by atoms with E-state index in [4.69, 9.17) is 17.2 Å². The Morgan fingerprint density at radius 2 is 1.70 bits per heavy atom. The normalized spacial score (nSPS) is 10.4. The minimum atomic E-state index is -0.514. The van der Waals surface area contributed by atoms with Crippen LogP contribution < -0.4 is 17.2 Å². The Bertz CT molecular complexity index is 929. The summed E-state index contributed by atoms with van der Waals surface area (Å²) in [4.78, 5) is 20.5. The van der Waals surface area contributed by atoms with Crippen LogP contribution in [0.5, 0.6) is 0 Å². The summed E-state index contributed by atoms with van der Waals surface area (Å²) in [7, 11) is 0. The van der Waals surface area contributed by atoms with E-state index in [1.165, 1.54) is 0 Å². The summed E-state index contributed by atoms with van der Waals surface area (Å²) in [6.45, 7) is 0. The molecule has 6 nitrogen and oxygen atoms in total. The molecule has 0 saturated carbocycles. The minimum absolute atomic E-state index is 0.281. The lowest BCUT2D eigenvalue weighted by molar-refractivity contribution is 0.100. The SMILES string of the molecule is NC(N)=NC(=O)c1cc(-c2ccccc2N)nc2ccccc12. The van der Waals surface area contributed by atoms with E-state index in [0.29, 0.717) is 27.8 Å². The number of rotatable bonds is 2. The Balaban J connectivity index is 2.28. The molecule has 1 aromatic heterocycles. The van der Waals surface area contributed by atoms with Gasteiger partial charge in [-0.15, -0.1) is 0 Å². The Morgan fingerprint density at radius 1 is 1.00 bits per heavy atom. The zero-order valence-corrected chi connectivity index (χ0v) is 12.2. The van der Waals surface area contributed by atoms with E-state index in [1.807, 2.05) is 36.4 Å². The van der Waals surface area contributed by atoms with Gasteiger partial charge in [-0.05, 0) is 18.2 Å². The molecule has 1 heterocycles. The number of hydrogen-bond acceptors (Lipinski definition) is 3. The monoisotopic (exact) mass is 305 g/mol. The highest BCUT2D eigenvalue weighted by Crippen LogP contribution is 2.28. The molecule has 0 saturated heterocycles. The Labute approximate surface area is 132 Å². The number of benzene rings is 2. The van der Waals surface area contributed by atoms with E-state index >= 15 is 0 Å². The zero-order chi connectivity index (χ0) is 16.4. The number of anilines is 1. The van der Waals surface area contributed by atoms with Crippen molar-refractivity contribution in [3.8, 4) is 11.3 Å². The van der Waals surface area contributed by atoms with E-state index in [0.717, 1.165) is 5.56 Å². The van der Waals surface area contributed by atoms with Crippen molar-refractivity contribution in [1.82, 2.24) is 4.98 Å². The topological polar surface area (TPSA) is 120 Å². The van der Waals surface area contributed by atoms with Crippen LogP contribution in [0.15, 0.2) is 59.6 Å². The molecule has 2 aromatic carbocycles. The van der Waals surface area contributed by atoms with Gasteiger partial charge in [-0.25, -0.2) is 4.98 Å². The summed E-state index contributed by atoms with van der Waals surface area (Å²) in [5.74, 6) is -0.795. The molecule has 6 N–H and O–H groups in total. The molecule has 0 bridgehead atoms. The first-order valence-electron chi connectivity index (χ1n) is 6.95. The molecule has 0 aliphatic heterocycles. The van der Waals surface area contributed by atoms with Crippen LogP contribution in [0.2, 0.25) is 0 Å². The fourth-order valence-electron chi connectivity index (χ4n) is 2.40. The smallest absolute Gasteiger partial charge is 0.280 e. The number of nitrogen functional groups attached to an aromatic ring is 1. The van der Waals surface area contributed by atoms with Gasteiger partial charge < -0.3 is 17.2 Å². The van der Waals surface area contributed by atoms with Crippen LogP contribution in [0, 0.1) is 0 Å². The molecule has 0 unspecified atom stereocenters. The molecule has 3 aromatic rings. The van der Waals surface area contributed by atoms with Crippen LogP contribution in [0.25, 0.3) is 22.2 Å². The van der Waals surface area contributed by atoms with Crippen molar-refractivity contribution in [2.45, 2.75) is 0 Å². The van der Waals surface area contributed by atoms with Crippen molar-refractivity contribution in [2.75, 3.05) is 5.73 Å². The Kier molecular flexibility index (Phi) is 3.64. The first-order chi connectivity index (χ1) is 11.1. The number of amides is 1. The fourth-order valence-corrected chi connectivity index (χ4v) is 2.40. The van der Waals surface area contributed by atoms with Crippen molar-refractivity contribution in [2.24, 2.45) is 16.5 Å². The number of hydrogen-bond donors (Lipinski definition) is 3. The van der Waals surface area contributed by atoms with Gasteiger partial charge in [0.15, 0.2) is 5.96 Å². The van der Waals surface area contributed by atoms with Gasteiger partial charge in [-0.2, -0.15) is 4.99 Å². The number of guanidine groups is 1. The number of carbonyl (C=O) groups excluding carboxylic acids is 1. The molecule has 6 heteroatoms. The van der Waals surface area contributed by atoms with E-state index in [2.05, 4.69) is 9.98 Å². The number of para-hydroxylation sites is 2. The average Bonchev–Trinajstić information content (AvgIpc) is 2.53. The second kappa shape index (κ2) is 5.76. The number of fused-ring (bicyclic) bond motifs is 1. The maximum absolute atomic E-state index is 12.3. The van der Waals surface area contributed by atoms with Crippen molar-refractivity contribution < 1.29 is 4.79 Å². The summed E-state index contributed by atoms with van der Waals surface area (Å²) in [6, 6.07) is 16.3. The molecule has 0 spiro atoms. The van der Waals surface area contributed by atoms with Crippen molar-refractivity contribution >= 4 is 28.5 Å². The summed E-state index contributed by atoms with van der Waals surface area (Å²) < 4.78 is 0. The van der Waals surface area contributed by atoms with Gasteiger partial charge in [-0.3, -0.25) is 4.79 Å². The summed E-state index contributed by atoms with van der Waals surface area (Å²) in [6.07, 6.45) is 0. The molecule has 1 amide bonds. The number of aliphatic imine (C=N–C) groups is 1. The standard InChI is InChI=1S/C17H15N5O/c18-13-7-3-1-6-11(13)15-9-12(16(23)22-17(19)20)10-5-2-4-8-14(10)21-15/h1-9H,18H2,(H4,19,20,22,23). The molecule has 23 heavy (non-hydrogen) atoms. The second-order valence-corrected chi connectivity index (χ2v) is 5.00. The summed E-state index contributed by atoms with van der Waals surface area (Å²) in [5, 5.41) is 0.681. The lowest BCUT2D eigenvalue weighted by Gasteiger charge is -2.09. The third-order valence-corrected chi connectivity index (χ3v) is 3.41. The van der Waals surface area contributed by atoms with Gasteiger partial charge in [0.2, 0.25) is 0 Å². The minimum Gasteiger partial charge on any atom is -0.398 e. The highest BCUT2D eigenvalue weighted by molar-refractivity contribution is 6.10. The number of carbonyl (C=O) groups is 1. The molecule has 0 aliphatic carbocycles. The van der Waals surface area contributed by atoms with Gasteiger partial charge in [0.1, 0.15) is 0 Å². The van der Waals surface area contributed by atoms with Gasteiger partial charge in [-0.1, -0.05) is 36.4 Å². The molecular weight excluding hydrogens is 290 g/mol. The van der Waals surface area contributed by atoms with Crippen LogP contribution in [-0.4, -0.2) is 16.9 Å². The predicted octanol–water partition coefficient (Wildman–Crippen LogP) is 1.90. The van der Waals surface area contributed by atoms with E-state index in [-0.39, 0.29) is 5.96 Å². The van der Waals surface area contributed by atoms with Crippen molar-refractivity contribution in [3.05, 3.63) is 60.2 Å². The summed E-state index contributed by atoms with van der Waals surface area (Å²) in [5.41, 5.74) is 19.6. The molecular formula is C17H15N5O. The van der Waals surface area contributed by atoms with Gasteiger partial charge >= 0.3 is 0 Å². The lowest BCUT2D eigenvalue weighted by atomic mass is 10.0. The Hall–Kier alpha value is -3.41. The highest BCUT2D eigenvalue weighted by Gasteiger charge is 2.14. The van der Waals surface area contributed by atoms with Gasteiger partial charge in [0, 0.05) is 16.6 Å². The summed E-state index contributed by atoms with van der Waals surface area (Å²) >= 11 is 0. The Morgan fingerprint density at radius 3 is 2.43 bits per heavy atom. The second-order valence-electron chi connectivity index (χ2n) is 5.00. The van der Waals surface area contributed by atoms with Crippen LogP contribution >= 0.6 is 0 Å². The molecule has 114 valence electrons. The van der Waals surface area contributed by atoms with E-state index < -0.39 is 5.91 Å². The van der Waals surface area contributed by atoms with Crippen LogP contribution in [-0.2, 0) is 0 Å². The fraction of sp³-hybridized carbons (Fsp3) is 0. The molecule has 3 rings (SSSR count). The van der Waals surface area contributed by atoms with E-state index in [9.17, 15) is 4.79 Å². The van der Waals surface area contributed by atoms with Crippen LogP contribution in [0.3, 0.4) is 0 Å². The first-order valence-corrected chi connectivity index (χ1v) is 6.95. The molecule has 0 fully saturated rings. The predicted molar refractivity (Wildman–Crippen MR) is 91.7 cm³/mol. The largest absolute Gasteiger partial charge is 0.398 e.